The fourth-order valence-electron chi connectivity index (χ4n) is 1.20. The highest BCUT2D eigenvalue weighted by Gasteiger charge is 2.31. The second-order valence-electron chi connectivity index (χ2n) is 4.11. The lowest BCUT2D eigenvalue weighted by molar-refractivity contribution is -0.145. The SMILES string of the molecule is CCCNCCC(C)(O)CCC(F)(F)F. The molecule has 0 aromatic rings. The van der Waals surface area contributed by atoms with E-state index in [-0.39, 0.29) is 6.42 Å². The quantitative estimate of drug-likeness (QED) is 0.655. The summed E-state index contributed by atoms with van der Waals surface area (Å²) in [6, 6.07) is 0. The van der Waals surface area contributed by atoms with E-state index in [0.717, 1.165) is 13.0 Å². The molecule has 0 fully saturated rings. The number of hydrogen-bond acceptors (Lipinski definition) is 2. The molecule has 15 heavy (non-hydrogen) atoms. The molecular weight excluding hydrogens is 207 g/mol. The Morgan fingerprint density at radius 3 is 2.13 bits per heavy atom. The zero-order valence-electron chi connectivity index (χ0n) is 9.32. The molecule has 0 amide bonds. The van der Waals surface area contributed by atoms with Crippen LogP contribution in [0.5, 0.6) is 0 Å². The number of rotatable bonds is 7. The van der Waals surface area contributed by atoms with E-state index in [2.05, 4.69) is 5.32 Å². The van der Waals surface area contributed by atoms with Crippen molar-refractivity contribution in [2.24, 2.45) is 0 Å². The molecule has 0 rings (SSSR count). The van der Waals surface area contributed by atoms with Crippen LogP contribution in [-0.4, -0.2) is 30.0 Å². The summed E-state index contributed by atoms with van der Waals surface area (Å²) in [5.41, 5.74) is -1.23. The highest BCUT2D eigenvalue weighted by Crippen LogP contribution is 2.27. The molecule has 0 bridgehead atoms. The van der Waals surface area contributed by atoms with Gasteiger partial charge in [0.05, 0.1) is 5.60 Å². The molecule has 0 radical (unpaired) electrons. The van der Waals surface area contributed by atoms with E-state index in [4.69, 9.17) is 0 Å². The minimum absolute atomic E-state index is 0.232. The van der Waals surface area contributed by atoms with E-state index in [1.807, 2.05) is 6.92 Å². The van der Waals surface area contributed by atoms with Gasteiger partial charge in [-0.15, -0.1) is 0 Å². The Balaban J connectivity index is 3.67. The van der Waals surface area contributed by atoms with Crippen molar-refractivity contribution in [1.82, 2.24) is 5.32 Å². The summed E-state index contributed by atoms with van der Waals surface area (Å²) in [6.07, 6.45) is -4.01. The smallest absolute Gasteiger partial charge is 0.389 e. The maximum absolute atomic E-state index is 11.9. The van der Waals surface area contributed by atoms with Crippen molar-refractivity contribution in [2.45, 2.75) is 51.3 Å². The van der Waals surface area contributed by atoms with Gasteiger partial charge in [-0.05, 0) is 39.3 Å². The molecule has 5 heteroatoms. The average Bonchev–Trinajstić information content (AvgIpc) is 2.09. The second-order valence-corrected chi connectivity index (χ2v) is 4.11. The monoisotopic (exact) mass is 227 g/mol. The molecule has 0 aromatic carbocycles. The molecule has 0 saturated carbocycles. The van der Waals surface area contributed by atoms with Crippen molar-refractivity contribution in [3.05, 3.63) is 0 Å². The molecule has 1 unspecified atom stereocenters. The third-order valence-electron chi connectivity index (χ3n) is 2.21. The van der Waals surface area contributed by atoms with Crippen molar-refractivity contribution < 1.29 is 18.3 Å². The van der Waals surface area contributed by atoms with Gasteiger partial charge in [-0.2, -0.15) is 13.2 Å². The van der Waals surface area contributed by atoms with E-state index in [1.165, 1.54) is 6.92 Å². The zero-order chi connectivity index (χ0) is 11.9. The molecule has 2 N–H and O–H groups in total. The molecule has 0 heterocycles. The predicted octanol–water partition coefficient (Wildman–Crippen LogP) is 2.47. The minimum Gasteiger partial charge on any atom is -0.390 e. The van der Waals surface area contributed by atoms with Crippen molar-refractivity contribution in [3.63, 3.8) is 0 Å². The number of halogens is 3. The summed E-state index contributed by atoms with van der Waals surface area (Å²) >= 11 is 0. The maximum Gasteiger partial charge on any atom is 0.389 e. The molecule has 0 aliphatic rings. The van der Waals surface area contributed by atoms with Gasteiger partial charge < -0.3 is 10.4 Å². The van der Waals surface area contributed by atoms with Gasteiger partial charge in [0.2, 0.25) is 0 Å². The molecule has 0 spiro atoms. The van der Waals surface area contributed by atoms with Crippen LogP contribution in [0.15, 0.2) is 0 Å². The first-order valence-electron chi connectivity index (χ1n) is 5.27. The van der Waals surface area contributed by atoms with Crippen molar-refractivity contribution >= 4 is 0 Å². The Kier molecular flexibility index (Phi) is 6.20. The fraction of sp³-hybridized carbons (Fsp3) is 1.00. The summed E-state index contributed by atoms with van der Waals surface area (Å²) in [7, 11) is 0. The Labute approximate surface area is 88.9 Å². The van der Waals surface area contributed by atoms with Gasteiger partial charge in [-0.1, -0.05) is 6.92 Å². The number of aliphatic hydroxyl groups is 1. The van der Waals surface area contributed by atoms with Crippen LogP contribution in [-0.2, 0) is 0 Å². The minimum atomic E-state index is -4.18. The molecule has 0 aliphatic carbocycles. The predicted molar refractivity (Wildman–Crippen MR) is 53.7 cm³/mol. The number of nitrogens with one attached hydrogen (secondary N) is 1. The molecule has 0 aliphatic heterocycles. The van der Waals surface area contributed by atoms with Crippen molar-refractivity contribution in [2.75, 3.05) is 13.1 Å². The Morgan fingerprint density at radius 1 is 1.07 bits per heavy atom. The van der Waals surface area contributed by atoms with Crippen LogP contribution >= 0.6 is 0 Å². The Morgan fingerprint density at radius 2 is 1.67 bits per heavy atom. The highest BCUT2D eigenvalue weighted by molar-refractivity contribution is 4.75. The maximum atomic E-state index is 11.9. The van der Waals surface area contributed by atoms with Crippen LogP contribution in [0.25, 0.3) is 0 Å². The van der Waals surface area contributed by atoms with Gasteiger partial charge in [-0.3, -0.25) is 0 Å². The van der Waals surface area contributed by atoms with E-state index >= 15 is 0 Å². The lowest BCUT2D eigenvalue weighted by Crippen LogP contribution is -2.31. The summed E-state index contributed by atoms with van der Waals surface area (Å²) in [5.74, 6) is 0. The van der Waals surface area contributed by atoms with Gasteiger partial charge in [-0.25, -0.2) is 0 Å². The zero-order valence-corrected chi connectivity index (χ0v) is 9.32. The van der Waals surface area contributed by atoms with Crippen molar-refractivity contribution in [1.29, 1.82) is 0 Å². The van der Waals surface area contributed by atoms with Crippen LogP contribution in [0.3, 0.4) is 0 Å². The first-order chi connectivity index (χ1) is 6.77. The van der Waals surface area contributed by atoms with E-state index < -0.39 is 18.2 Å². The van der Waals surface area contributed by atoms with Gasteiger partial charge in [0.25, 0.3) is 0 Å². The van der Waals surface area contributed by atoms with E-state index in [9.17, 15) is 18.3 Å². The first-order valence-corrected chi connectivity index (χ1v) is 5.27. The number of hydrogen-bond donors (Lipinski definition) is 2. The summed E-state index contributed by atoms with van der Waals surface area (Å²) < 4.78 is 35.7. The average molecular weight is 227 g/mol. The molecule has 0 saturated heterocycles. The molecular formula is C10H20F3NO. The highest BCUT2D eigenvalue weighted by atomic mass is 19.4. The second kappa shape index (κ2) is 6.33. The van der Waals surface area contributed by atoms with Gasteiger partial charge >= 0.3 is 6.18 Å². The van der Waals surface area contributed by atoms with E-state index in [1.54, 1.807) is 0 Å². The summed E-state index contributed by atoms with van der Waals surface area (Å²) in [4.78, 5) is 0. The lowest BCUT2D eigenvalue weighted by atomic mass is 9.96. The molecule has 2 nitrogen and oxygen atoms in total. The van der Waals surface area contributed by atoms with Gasteiger partial charge in [0.15, 0.2) is 0 Å². The third-order valence-corrected chi connectivity index (χ3v) is 2.21. The normalized spacial score (nSPS) is 16.4. The van der Waals surface area contributed by atoms with Crippen LogP contribution in [0.1, 0.15) is 39.5 Å². The van der Waals surface area contributed by atoms with Crippen LogP contribution in [0, 0.1) is 0 Å². The standard InChI is InChI=1S/C10H20F3NO/c1-3-7-14-8-6-9(2,15)4-5-10(11,12)13/h14-15H,3-8H2,1-2H3. The van der Waals surface area contributed by atoms with Crippen LogP contribution < -0.4 is 5.32 Å². The van der Waals surface area contributed by atoms with Crippen molar-refractivity contribution in [3.8, 4) is 0 Å². The Hall–Kier alpha value is -0.290. The molecule has 92 valence electrons. The number of alkyl halides is 3. The summed E-state index contributed by atoms with van der Waals surface area (Å²) in [6.45, 7) is 4.84. The topological polar surface area (TPSA) is 32.3 Å². The fourth-order valence-corrected chi connectivity index (χ4v) is 1.20. The Bertz CT molecular complexity index is 169. The van der Waals surface area contributed by atoms with Gasteiger partial charge in [0, 0.05) is 6.42 Å². The lowest BCUT2D eigenvalue weighted by Gasteiger charge is -2.24. The first kappa shape index (κ1) is 14.7. The molecule has 0 aromatic heterocycles. The largest absolute Gasteiger partial charge is 0.390 e. The van der Waals surface area contributed by atoms with Crippen LogP contribution in [0.4, 0.5) is 13.2 Å². The van der Waals surface area contributed by atoms with Gasteiger partial charge in [0.1, 0.15) is 0 Å². The van der Waals surface area contributed by atoms with Crippen LogP contribution in [0.2, 0.25) is 0 Å². The summed E-state index contributed by atoms with van der Waals surface area (Å²) in [5, 5.41) is 12.7. The molecule has 1 atom stereocenters. The van der Waals surface area contributed by atoms with E-state index in [0.29, 0.717) is 13.0 Å². The third kappa shape index (κ3) is 10.0.